The number of carboxylic acids is 1. The summed E-state index contributed by atoms with van der Waals surface area (Å²) in [5.74, 6) is -0.390. The number of aliphatic carboxylic acids is 1. The van der Waals surface area contributed by atoms with E-state index in [4.69, 9.17) is 14.6 Å². The van der Waals surface area contributed by atoms with E-state index >= 15 is 0 Å². The summed E-state index contributed by atoms with van der Waals surface area (Å²) in [4.78, 5) is 22.8. The fourth-order valence-corrected chi connectivity index (χ4v) is 2.79. The largest absolute Gasteiger partial charge is 0.491 e. The van der Waals surface area contributed by atoms with Crippen LogP contribution >= 0.6 is 0 Å². The van der Waals surface area contributed by atoms with Gasteiger partial charge in [-0.3, -0.25) is 0 Å². The molecule has 2 aromatic carbocycles. The first kappa shape index (κ1) is 24.7. The summed E-state index contributed by atoms with van der Waals surface area (Å²) in [6.45, 7) is 14.5. The Morgan fingerprint density at radius 3 is 2.03 bits per heavy atom. The van der Waals surface area contributed by atoms with Crippen molar-refractivity contribution in [2.24, 2.45) is 5.41 Å². The van der Waals surface area contributed by atoms with Crippen LogP contribution < -0.4 is 9.47 Å². The van der Waals surface area contributed by atoms with Crippen molar-refractivity contribution in [2.75, 3.05) is 0 Å². The van der Waals surface area contributed by atoms with E-state index in [0.717, 1.165) is 12.5 Å². The smallest absolute Gasteiger partial charge is 0.343 e. The van der Waals surface area contributed by atoms with Crippen LogP contribution in [0.25, 0.3) is 6.08 Å². The van der Waals surface area contributed by atoms with Crippen LogP contribution in [-0.4, -0.2) is 23.1 Å². The molecule has 0 aliphatic carbocycles. The van der Waals surface area contributed by atoms with E-state index in [-0.39, 0.29) is 11.5 Å². The number of rotatable bonds is 7. The van der Waals surface area contributed by atoms with Gasteiger partial charge in [-0.25, -0.2) is 9.59 Å². The molecule has 0 fully saturated rings. The van der Waals surface area contributed by atoms with E-state index in [0.29, 0.717) is 22.6 Å². The average Bonchev–Trinajstić information content (AvgIpc) is 2.68. The molecule has 0 aliphatic heterocycles. The molecule has 5 nitrogen and oxygen atoms in total. The van der Waals surface area contributed by atoms with Gasteiger partial charge in [-0.05, 0) is 66.8 Å². The molecule has 30 heavy (non-hydrogen) atoms. The third-order valence-corrected chi connectivity index (χ3v) is 3.84. The molecule has 0 aliphatic rings. The summed E-state index contributed by atoms with van der Waals surface area (Å²) in [7, 11) is 0. The van der Waals surface area contributed by atoms with Crippen molar-refractivity contribution in [1.82, 2.24) is 0 Å². The lowest BCUT2D eigenvalue weighted by Crippen LogP contribution is -2.20. The van der Waals surface area contributed by atoms with Gasteiger partial charge in [0.1, 0.15) is 11.5 Å². The molecule has 0 saturated carbocycles. The highest BCUT2D eigenvalue weighted by molar-refractivity contribution is 5.91. The van der Waals surface area contributed by atoms with Gasteiger partial charge in [0.25, 0.3) is 0 Å². The van der Waals surface area contributed by atoms with Crippen molar-refractivity contribution in [3.8, 4) is 11.5 Å². The predicted molar refractivity (Wildman–Crippen MR) is 120 cm³/mol. The topological polar surface area (TPSA) is 72.8 Å². The number of carboxylic acid groups (broad SMARTS) is 1. The molecular formula is C25H30O5. The van der Waals surface area contributed by atoms with Crippen LogP contribution in [-0.2, 0) is 4.79 Å². The maximum absolute atomic E-state index is 12.3. The molecule has 0 amide bonds. The fraction of sp³-hybridized carbons (Fsp3) is 0.280. The SMILES string of the molecule is C=C.CC(CC(C)(C)C)Oc1ccc(C(=O)Oc2ccc(/C=C/C(=O)O)cc2)cc1. The van der Waals surface area contributed by atoms with Gasteiger partial charge in [0.2, 0.25) is 0 Å². The summed E-state index contributed by atoms with van der Waals surface area (Å²) >= 11 is 0. The van der Waals surface area contributed by atoms with Crippen molar-refractivity contribution in [2.45, 2.75) is 40.2 Å². The van der Waals surface area contributed by atoms with Crippen molar-refractivity contribution in [1.29, 1.82) is 0 Å². The number of esters is 1. The lowest BCUT2D eigenvalue weighted by molar-refractivity contribution is -0.131. The van der Waals surface area contributed by atoms with Gasteiger partial charge in [0.15, 0.2) is 0 Å². The number of carbonyl (C=O) groups is 2. The predicted octanol–water partition coefficient (Wildman–Crippen LogP) is 6.01. The molecule has 0 heterocycles. The summed E-state index contributed by atoms with van der Waals surface area (Å²) < 4.78 is 11.2. The highest BCUT2D eigenvalue weighted by atomic mass is 16.5. The quantitative estimate of drug-likeness (QED) is 0.262. The van der Waals surface area contributed by atoms with E-state index in [1.165, 1.54) is 6.08 Å². The van der Waals surface area contributed by atoms with Gasteiger partial charge < -0.3 is 14.6 Å². The third-order valence-electron chi connectivity index (χ3n) is 3.84. The molecule has 0 aromatic heterocycles. The van der Waals surface area contributed by atoms with Crippen LogP contribution in [0.5, 0.6) is 11.5 Å². The van der Waals surface area contributed by atoms with E-state index in [1.54, 1.807) is 48.5 Å². The lowest BCUT2D eigenvalue weighted by atomic mass is 9.90. The lowest BCUT2D eigenvalue weighted by Gasteiger charge is -2.24. The zero-order valence-electron chi connectivity index (χ0n) is 18.1. The molecule has 2 rings (SSSR count). The van der Waals surface area contributed by atoms with Crippen LogP contribution in [0.2, 0.25) is 0 Å². The van der Waals surface area contributed by atoms with Gasteiger partial charge in [0.05, 0.1) is 11.7 Å². The molecular weight excluding hydrogens is 380 g/mol. The summed E-state index contributed by atoms with van der Waals surface area (Å²) in [5, 5.41) is 8.63. The van der Waals surface area contributed by atoms with Gasteiger partial charge >= 0.3 is 11.9 Å². The van der Waals surface area contributed by atoms with E-state index in [9.17, 15) is 9.59 Å². The monoisotopic (exact) mass is 410 g/mol. The van der Waals surface area contributed by atoms with Gasteiger partial charge in [-0.1, -0.05) is 32.9 Å². The minimum absolute atomic E-state index is 0.0755. The number of ether oxygens (including phenoxy) is 2. The highest BCUT2D eigenvalue weighted by Gasteiger charge is 2.16. The first-order valence-electron chi connectivity index (χ1n) is 9.62. The van der Waals surface area contributed by atoms with E-state index < -0.39 is 11.9 Å². The molecule has 5 heteroatoms. The Hall–Kier alpha value is -3.34. The zero-order valence-corrected chi connectivity index (χ0v) is 18.1. The van der Waals surface area contributed by atoms with E-state index in [1.807, 2.05) is 6.92 Å². The highest BCUT2D eigenvalue weighted by Crippen LogP contribution is 2.24. The van der Waals surface area contributed by atoms with Crippen LogP contribution in [0, 0.1) is 5.41 Å². The third kappa shape index (κ3) is 9.24. The second kappa shape index (κ2) is 11.6. The molecule has 1 unspecified atom stereocenters. The van der Waals surface area contributed by atoms with Gasteiger partial charge in [-0.15, -0.1) is 13.2 Å². The molecule has 0 spiro atoms. The van der Waals surface area contributed by atoms with Crippen molar-refractivity contribution < 1.29 is 24.2 Å². The second-order valence-corrected chi connectivity index (χ2v) is 7.85. The maximum Gasteiger partial charge on any atom is 0.343 e. The summed E-state index contributed by atoms with van der Waals surface area (Å²) in [6, 6.07) is 13.4. The first-order valence-corrected chi connectivity index (χ1v) is 9.62. The minimum atomic E-state index is -1.02. The van der Waals surface area contributed by atoms with Crippen molar-refractivity contribution in [3.63, 3.8) is 0 Å². The average molecular weight is 411 g/mol. The molecule has 0 saturated heterocycles. The Bertz CT molecular complexity index is 843. The van der Waals surface area contributed by atoms with Crippen LogP contribution in [0.3, 0.4) is 0 Å². The Morgan fingerprint density at radius 2 is 1.53 bits per heavy atom. The van der Waals surface area contributed by atoms with E-state index in [2.05, 4.69) is 33.9 Å². The van der Waals surface area contributed by atoms with Crippen LogP contribution in [0.4, 0.5) is 0 Å². The van der Waals surface area contributed by atoms with Gasteiger partial charge in [0, 0.05) is 6.08 Å². The van der Waals surface area contributed by atoms with Crippen LogP contribution in [0.15, 0.2) is 67.8 Å². The second-order valence-electron chi connectivity index (χ2n) is 7.85. The Labute approximate surface area is 178 Å². The number of hydrogen-bond donors (Lipinski definition) is 1. The Kier molecular flexibility index (Phi) is 9.56. The molecule has 0 radical (unpaired) electrons. The number of benzene rings is 2. The fourth-order valence-electron chi connectivity index (χ4n) is 2.79. The summed E-state index contributed by atoms with van der Waals surface area (Å²) in [5.41, 5.74) is 1.31. The molecule has 1 atom stereocenters. The molecule has 160 valence electrons. The summed E-state index contributed by atoms with van der Waals surface area (Å²) in [6.07, 6.45) is 3.51. The first-order chi connectivity index (χ1) is 14.1. The van der Waals surface area contributed by atoms with Gasteiger partial charge in [-0.2, -0.15) is 0 Å². The van der Waals surface area contributed by atoms with Crippen molar-refractivity contribution >= 4 is 18.0 Å². The number of hydrogen-bond acceptors (Lipinski definition) is 4. The standard InChI is InChI=1S/C23H26O5.C2H4/c1-16(15-23(2,3)4)27-19-12-8-18(9-13-19)22(26)28-20-10-5-17(6-11-20)7-14-21(24)25;1-2/h5-14,16H,15H2,1-4H3,(H,24,25);1-2H2/b14-7+;. The minimum Gasteiger partial charge on any atom is -0.491 e. The normalized spacial score (nSPS) is 11.9. The van der Waals surface area contributed by atoms with Crippen molar-refractivity contribution in [3.05, 3.63) is 78.9 Å². The maximum atomic E-state index is 12.3. The Morgan fingerprint density at radius 1 is 1.00 bits per heavy atom. The molecule has 0 bridgehead atoms. The number of carbonyl (C=O) groups excluding carboxylic acids is 1. The molecule has 1 N–H and O–H groups in total. The molecule has 2 aromatic rings. The van der Waals surface area contributed by atoms with Crippen LogP contribution in [0.1, 0.15) is 50.0 Å². The Balaban J connectivity index is 0.00000218. The zero-order chi connectivity index (χ0) is 22.7.